The average molecular weight is 286 g/mol. The van der Waals surface area contributed by atoms with Gasteiger partial charge in [-0.05, 0) is 29.8 Å². The molecule has 0 radical (unpaired) electrons. The molecular formula is C13H10Cl2FNO. The number of nitrogens with two attached hydrogens (primary N) is 1. The molecule has 0 saturated carbocycles. The summed E-state index contributed by atoms with van der Waals surface area (Å²) in [6.07, 6.45) is 0. The lowest BCUT2D eigenvalue weighted by molar-refractivity contribution is 0.480. The van der Waals surface area contributed by atoms with Gasteiger partial charge < -0.3 is 10.5 Å². The molecule has 2 N–H and O–H groups in total. The first-order valence-corrected chi connectivity index (χ1v) is 5.97. The average Bonchev–Trinajstić information content (AvgIpc) is 2.34. The molecule has 0 saturated heterocycles. The minimum Gasteiger partial charge on any atom is -0.457 e. The Balaban J connectivity index is 2.23. The van der Waals surface area contributed by atoms with Gasteiger partial charge in [-0.15, -0.1) is 0 Å². The van der Waals surface area contributed by atoms with Crippen LogP contribution in [0.25, 0.3) is 0 Å². The van der Waals surface area contributed by atoms with Gasteiger partial charge in [0.25, 0.3) is 0 Å². The Morgan fingerprint density at radius 3 is 2.17 bits per heavy atom. The Bertz CT molecular complexity index is 575. The molecule has 0 fully saturated rings. The highest BCUT2D eigenvalue weighted by atomic mass is 35.5. The number of ether oxygens (including phenoxy) is 1. The van der Waals surface area contributed by atoms with E-state index in [2.05, 4.69) is 0 Å². The number of halogens is 3. The molecule has 0 aliphatic rings. The highest BCUT2D eigenvalue weighted by molar-refractivity contribution is 6.31. The number of benzene rings is 2. The fourth-order valence-corrected chi connectivity index (χ4v) is 1.85. The summed E-state index contributed by atoms with van der Waals surface area (Å²) in [7, 11) is 0. The van der Waals surface area contributed by atoms with Gasteiger partial charge in [0.05, 0.1) is 5.02 Å². The van der Waals surface area contributed by atoms with E-state index >= 15 is 0 Å². The van der Waals surface area contributed by atoms with Crippen LogP contribution in [0, 0.1) is 5.82 Å². The van der Waals surface area contributed by atoms with Crippen LogP contribution in [-0.4, -0.2) is 0 Å². The van der Waals surface area contributed by atoms with Crippen LogP contribution in [0.1, 0.15) is 5.56 Å². The third-order valence-corrected chi connectivity index (χ3v) is 3.01. The molecule has 0 amide bonds. The second-order valence-corrected chi connectivity index (χ2v) is 4.45. The Morgan fingerprint density at radius 2 is 1.61 bits per heavy atom. The molecule has 0 bridgehead atoms. The van der Waals surface area contributed by atoms with Crippen molar-refractivity contribution < 1.29 is 9.13 Å². The molecule has 0 unspecified atom stereocenters. The Kier molecular flexibility index (Phi) is 4.07. The van der Waals surface area contributed by atoms with Crippen LogP contribution in [0.4, 0.5) is 4.39 Å². The van der Waals surface area contributed by atoms with Crippen LogP contribution in [0.2, 0.25) is 10.0 Å². The summed E-state index contributed by atoms with van der Waals surface area (Å²) in [6.45, 7) is 0.363. The van der Waals surface area contributed by atoms with Gasteiger partial charge in [0, 0.05) is 17.6 Å². The Hall–Kier alpha value is -1.29. The fraction of sp³-hybridized carbons (Fsp3) is 0.0769. The van der Waals surface area contributed by atoms with Crippen molar-refractivity contribution in [2.75, 3.05) is 0 Å². The molecule has 0 aliphatic carbocycles. The first-order valence-electron chi connectivity index (χ1n) is 5.21. The molecule has 0 atom stereocenters. The Labute approximate surface area is 114 Å². The van der Waals surface area contributed by atoms with E-state index in [9.17, 15) is 4.39 Å². The van der Waals surface area contributed by atoms with E-state index in [0.717, 1.165) is 5.56 Å². The molecule has 94 valence electrons. The van der Waals surface area contributed by atoms with E-state index in [-0.39, 0.29) is 5.02 Å². The monoisotopic (exact) mass is 285 g/mol. The van der Waals surface area contributed by atoms with Crippen molar-refractivity contribution in [3.8, 4) is 11.5 Å². The molecule has 18 heavy (non-hydrogen) atoms. The van der Waals surface area contributed by atoms with Gasteiger partial charge in [-0.25, -0.2) is 4.39 Å². The van der Waals surface area contributed by atoms with E-state index in [4.69, 9.17) is 33.7 Å². The van der Waals surface area contributed by atoms with Crippen molar-refractivity contribution in [2.45, 2.75) is 6.54 Å². The molecule has 5 heteroatoms. The van der Waals surface area contributed by atoms with Gasteiger partial charge >= 0.3 is 0 Å². The van der Waals surface area contributed by atoms with Crippen LogP contribution < -0.4 is 10.5 Å². The summed E-state index contributed by atoms with van der Waals surface area (Å²) in [4.78, 5) is 0. The zero-order chi connectivity index (χ0) is 13.1. The zero-order valence-electron chi connectivity index (χ0n) is 9.29. The van der Waals surface area contributed by atoms with Gasteiger partial charge in [-0.1, -0.05) is 29.3 Å². The van der Waals surface area contributed by atoms with Crippen molar-refractivity contribution >= 4 is 23.2 Å². The number of rotatable bonds is 3. The maximum Gasteiger partial charge on any atom is 0.142 e. The van der Waals surface area contributed by atoms with Crippen molar-refractivity contribution in [1.82, 2.24) is 0 Å². The van der Waals surface area contributed by atoms with Crippen LogP contribution in [-0.2, 0) is 6.54 Å². The molecule has 0 aromatic heterocycles. The van der Waals surface area contributed by atoms with E-state index in [1.807, 2.05) is 0 Å². The van der Waals surface area contributed by atoms with Crippen LogP contribution >= 0.6 is 23.2 Å². The molecule has 0 spiro atoms. The lowest BCUT2D eigenvalue weighted by Gasteiger charge is -2.08. The molecule has 0 aliphatic heterocycles. The van der Waals surface area contributed by atoms with E-state index in [0.29, 0.717) is 23.1 Å². The summed E-state index contributed by atoms with van der Waals surface area (Å²) in [5, 5.41) is 0.542. The lowest BCUT2D eigenvalue weighted by atomic mass is 10.2. The molecule has 2 nitrogen and oxygen atoms in total. The summed E-state index contributed by atoms with van der Waals surface area (Å²) in [5.74, 6) is 0.498. The Morgan fingerprint density at radius 1 is 1.00 bits per heavy atom. The standard InChI is InChI=1S/C13H10Cl2FNO/c14-11-5-9(2-1-8(11)7-17)18-10-3-4-13(16)12(15)6-10/h1-6H,7,17H2. The predicted molar refractivity (Wildman–Crippen MR) is 70.8 cm³/mol. The number of hydrogen-bond donors (Lipinski definition) is 1. The van der Waals surface area contributed by atoms with Gasteiger partial charge in [0.2, 0.25) is 0 Å². The smallest absolute Gasteiger partial charge is 0.142 e. The highest BCUT2D eigenvalue weighted by Crippen LogP contribution is 2.29. The quantitative estimate of drug-likeness (QED) is 0.908. The molecular weight excluding hydrogens is 276 g/mol. The van der Waals surface area contributed by atoms with Gasteiger partial charge in [0.15, 0.2) is 0 Å². The van der Waals surface area contributed by atoms with Crippen molar-refractivity contribution in [3.63, 3.8) is 0 Å². The minimum atomic E-state index is -0.486. The minimum absolute atomic E-state index is 0.0113. The van der Waals surface area contributed by atoms with E-state index in [1.54, 1.807) is 18.2 Å². The van der Waals surface area contributed by atoms with Crippen molar-refractivity contribution in [1.29, 1.82) is 0 Å². The fourth-order valence-electron chi connectivity index (χ4n) is 1.43. The first-order chi connectivity index (χ1) is 8.60. The summed E-state index contributed by atoms with van der Waals surface area (Å²) in [6, 6.07) is 9.32. The maximum atomic E-state index is 13.0. The second-order valence-electron chi connectivity index (χ2n) is 3.64. The summed E-state index contributed by atoms with van der Waals surface area (Å²) < 4.78 is 18.5. The molecule has 2 aromatic carbocycles. The largest absolute Gasteiger partial charge is 0.457 e. The summed E-state index contributed by atoms with van der Waals surface area (Å²) >= 11 is 11.7. The van der Waals surface area contributed by atoms with Gasteiger partial charge in [0.1, 0.15) is 17.3 Å². The van der Waals surface area contributed by atoms with E-state index in [1.165, 1.54) is 18.2 Å². The van der Waals surface area contributed by atoms with Crippen LogP contribution in [0.15, 0.2) is 36.4 Å². The van der Waals surface area contributed by atoms with Gasteiger partial charge in [-0.2, -0.15) is 0 Å². The third kappa shape index (κ3) is 2.93. The lowest BCUT2D eigenvalue weighted by Crippen LogP contribution is -1.97. The highest BCUT2D eigenvalue weighted by Gasteiger charge is 2.05. The van der Waals surface area contributed by atoms with Crippen LogP contribution in [0.3, 0.4) is 0 Å². The van der Waals surface area contributed by atoms with Crippen LogP contribution in [0.5, 0.6) is 11.5 Å². The van der Waals surface area contributed by atoms with Crippen molar-refractivity contribution in [3.05, 3.63) is 57.8 Å². The van der Waals surface area contributed by atoms with E-state index < -0.39 is 5.82 Å². The van der Waals surface area contributed by atoms with Crippen molar-refractivity contribution in [2.24, 2.45) is 5.73 Å². The molecule has 2 aromatic rings. The first kappa shape index (κ1) is 13.1. The second kappa shape index (κ2) is 5.57. The summed E-state index contributed by atoms with van der Waals surface area (Å²) in [5.41, 5.74) is 6.34. The topological polar surface area (TPSA) is 35.2 Å². The normalized spacial score (nSPS) is 10.4. The predicted octanol–water partition coefficient (Wildman–Crippen LogP) is 4.38. The molecule has 0 heterocycles. The zero-order valence-corrected chi connectivity index (χ0v) is 10.8. The maximum absolute atomic E-state index is 13.0. The number of hydrogen-bond acceptors (Lipinski definition) is 2. The third-order valence-electron chi connectivity index (χ3n) is 2.37. The van der Waals surface area contributed by atoms with Gasteiger partial charge in [-0.3, -0.25) is 0 Å². The SMILES string of the molecule is NCc1ccc(Oc2ccc(F)c(Cl)c2)cc1Cl. The molecule has 2 rings (SSSR count).